The molecule has 0 aliphatic carbocycles. The molecule has 150 valence electrons. The topological polar surface area (TPSA) is 124 Å². The number of amides is 2. The van der Waals surface area contributed by atoms with Crippen LogP contribution in [-0.4, -0.2) is 63.9 Å². The van der Waals surface area contributed by atoms with Gasteiger partial charge in [-0.05, 0) is 26.7 Å². The van der Waals surface area contributed by atoms with E-state index in [1.807, 2.05) is 6.92 Å². The Morgan fingerprint density at radius 3 is 2.12 bits per heavy atom. The number of carbonyl (C=O) groups excluding carboxylic acids is 3. The van der Waals surface area contributed by atoms with Crippen LogP contribution in [0.4, 0.5) is 0 Å². The predicted molar refractivity (Wildman–Crippen MR) is 96.5 cm³/mol. The lowest BCUT2D eigenvalue weighted by molar-refractivity contribution is -0.145. The third-order valence-corrected chi connectivity index (χ3v) is 3.94. The largest absolute Gasteiger partial charge is 0.480 e. The van der Waals surface area contributed by atoms with Crippen LogP contribution in [0.5, 0.6) is 0 Å². The van der Waals surface area contributed by atoms with Gasteiger partial charge in [0.1, 0.15) is 12.3 Å². The van der Waals surface area contributed by atoms with Crippen LogP contribution in [0.1, 0.15) is 60.3 Å². The van der Waals surface area contributed by atoms with Gasteiger partial charge in [-0.2, -0.15) is 0 Å². The Morgan fingerprint density at radius 2 is 1.65 bits per heavy atom. The van der Waals surface area contributed by atoms with E-state index in [0.717, 1.165) is 11.3 Å². The van der Waals surface area contributed by atoms with Gasteiger partial charge in [-0.15, -0.1) is 0 Å². The minimum Gasteiger partial charge on any atom is -0.480 e. The summed E-state index contributed by atoms with van der Waals surface area (Å²) in [5, 5.41) is 21.8. The number of carboxylic acid groups (broad SMARTS) is 1. The van der Waals surface area contributed by atoms with Gasteiger partial charge in [0.05, 0.1) is 12.1 Å². The molecule has 8 nitrogen and oxygen atoms in total. The molecule has 0 rings (SSSR count). The van der Waals surface area contributed by atoms with Crippen molar-refractivity contribution in [1.82, 2.24) is 10.2 Å². The highest BCUT2D eigenvalue weighted by atomic mass is 16.4. The molecule has 0 saturated carbocycles. The molecule has 0 aliphatic heterocycles. The summed E-state index contributed by atoms with van der Waals surface area (Å²) in [5.41, 5.74) is -1.77. The fourth-order valence-electron chi connectivity index (χ4n) is 3.00. The smallest absolute Gasteiger partial charge is 0.323 e. The van der Waals surface area contributed by atoms with E-state index in [1.54, 1.807) is 20.8 Å². The standard InChI is InChI=1S/C18H32N2O6/c1-6-8-18(5,26)12-17(3,4)16(25)19-9-7-14(22)20(10-13(2)21)11-15(23)24/h26H,6-12H2,1-5H3,(H,19,25)(H,23,24). The van der Waals surface area contributed by atoms with Crippen LogP contribution in [-0.2, 0) is 19.2 Å². The maximum Gasteiger partial charge on any atom is 0.323 e. The van der Waals surface area contributed by atoms with Crippen molar-refractivity contribution >= 4 is 23.6 Å². The molecule has 0 saturated heterocycles. The first-order valence-electron chi connectivity index (χ1n) is 8.80. The fourth-order valence-corrected chi connectivity index (χ4v) is 3.00. The van der Waals surface area contributed by atoms with Gasteiger partial charge >= 0.3 is 5.97 Å². The van der Waals surface area contributed by atoms with E-state index in [1.165, 1.54) is 6.92 Å². The van der Waals surface area contributed by atoms with E-state index in [4.69, 9.17) is 5.11 Å². The lowest BCUT2D eigenvalue weighted by atomic mass is 9.78. The summed E-state index contributed by atoms with van der Waals surface area (Å²) in [6, 6.07) is 0. The Morgan fingerprint density at radius 1 is 1.08 bits per heavy atom. The number of Topliss-reactive ketones (excluding diaryl/α,β-unsaturated/α-hetero) is 1. The second-order valence-electron chi connectivity index (χ2n) is 7.66. The number of nitrogens with zero attached hydrogens (tertiary/aromatic N) is 1. The van der Waals surface area contributed by atoms with Crippen LogP contribution >= 0.6 is 0 Å². The van der Waals surface area contributed by atoms with Crippen molar-refractivity contribution in [3.63, 3.8) is 0 Å². The van der Waals surface area contributed by atoms with E-state index in [9.17, 15) is 24.3 Å². The normalized spacial score (nSPS) is 13.6. The Bertz CT molecular complexity index is 512. The van der Waals surface area contributed by atoms with Crippen LogP contribution < -0.4 is 5.32 Å². The molecule has 0 aliphatic rings. The summed E-state index contributed by atoms with van der Waals surface area (Å²) < 4.78 is 0. The second-order valence-corrected chi connectivity index (χ2v) is 7.66. The van der Waals surface area contributed by atoms with Gasteiger partial charge in [0, 0.05) is 18.4 Å². The molecule has 0 radical (unpaired) electrons. The van der Waals surface area contributed by atoms with Crippen molar-refractivity contribution in [3.05, 3.63) is 0 Å². The van der Waals surface area contributed by atoms with Crippen molar-refractivity contribution in [2.45, 2.75) is 65.9 Å². The average molecular weight is 372 g/mol. The van der Waals surface area contributed by atoms with Crippen molar-refractivity contribution in [3.8, 4) is 0 Å². The molecular weight excluding hydrogens is 340 g/mol. The molecule has 0 heterocycles. The van der Waals surface area contributed by atoms with Gasteiger partial charge in [-0.25, -0.2) is 0 Å². The van der Waals surface area contributed by atoms with Crippen LogP contribution in [0.2, 0.25) is 0 Å². The zero-order valence-corrected chi connectivity index (χ0v) is 16.4. The van der Waals surface area contributed by atoms with Crippen LogP contribution in [0.15, 0.2) is 0 Å². The summed E-state index contributed by atoms with van der Waals surface area (Å²) in [7, 11) is 0. The summed E-state index contributed by atoms with van der Waals surface area (Å²) >= 11 is 0. The van der Waals surface area contributed by atoms with Gasteiger partial charge < -0.3 is 20.4 Å². The average Bonchev–Trinajstić information content (AvgIpc) is 2.43. The maximum absolute atomic E-state index is 12.4. The van der Waals surface area contributed by atoms with Gasteiger partial charge in [0.2, 0.25) is 11.8 Å². The van der Waals surface area contributed by atoms with Crippen LogP contribution in [0, 0.1) is 5.41 Å². The highest BCUT2D eigenvalue weighted by molar-refractivity contribution is 5.88. The number of hydrogen-bond acceptors (Lipinski definition) is 5. The summed E-state index contributed by atoms with van der Waals surface area (Å²) in [5.74, 6) is -2.33. The van der Waals surface area contributed by atoms with Crippen molar-refractivity contribution in [1.29, 1.82) is 0 Å². The number of carbonyl (C=O) groups is 4. The summed E-state index contributed by atoms with van der Waals surface area (Å²) in [6.45, 7) is 7.57. The number of aliphatic hydroxyl groups is 1. The monoisotopic (exact) mass is 372 g/mol. The zero-order valence-electron chi connectivity index (χ0n) is 16.4. The first-order chi connectivity index (χ1) is 11.8. The van der Waals surface area contributed by atoms with Crippen molar-refractivity contribution < 1.29 is 29.4 Å². The third-order valence-electron chi connectivity index (χ3n) is 3.94. The number of carboxylic acids is 1. The van der Waals surface area contributed by atoms with Gasteiger partial charge in [-0.1, -0.05) is 27.2 Å². The fraction of sp³-hybridized carbons (Fsp3) is 0.778. The SMILES string of the molecule is CCCC(C)(O)CC(C)(C)C(=O)NCCC(=O)N(CC(C)=O)CC(=O)O. The molecule has 2 amide bonds. The molecule has 0 aromatic heterocycles. The lowest BCUT2D eigenvalue weighted by Crippen LogP contribution is -2.44. The number of ketones is 1. The molecule has 0 bridgehead atoms. The first-order valence-corrected chi connectivity index (χ1v) is 8.80. The maximum atomic E-state index is 12.4. The van der Waals surface area contributed by atoms with Gasteiger partial charge in [0.15, 0.2) is 0 Å². The molecular formula is C18H32N2O6. The van der Waals surface area contributed by atoms with E-state index in [-0.39, 0.29) is 37.6 Å². The lowest BCUT2D eigenvalue weighted by Gasteiger charge is -2.32. The van der Waals surface area contributed by atoms with Crippen LogP contribution in [0.25, 0.3) is 0 Å². The van der Waals surface area contributed by atoms with E-state index < -0.39 is 29.4 Å². The van der Waals surface area contributed by atoms with Gasteiger partial charge in [-0.3, -0.25) is 19.2 Å². The Hall–Kier alpha value is -1.96. The highest BCUT2D eigenvalue weighted by Gasteiger charge is 2.35. The van der Waals surface area contributed by atoms with E-state index in [2.05, 4.69) is 5.32 Å². The third kappa shape index (κ3) is 9.50. The number of hydrogen-bond donors (Lipinski definition) is 3. The Balaban J connectivity index is 4.63. The molecule has 26 heavy (non-hydrogen) atoms. The highest BCUT2D eigenvalue weighted by Crippen LogP contribution is 2.31. The zero-order chi connectivity index (χ0) is 20.5. The number of rotatable bonds is 12. The Labute approximate surface area is 154 Å². The molecule has 1 atom stereocenters. The molecule has 0 fully saturated rings. The summed E-state index contributed by atoms with van der Waals surface area (Å²) in [4.78, 5) is 47.3. The molecule has 0 spiro atoms. The minimum atomic E-state index is -1.21. The quantitative estimate of drug-likeness (QED) is 0.469. The molecule has 1 unspecified atom stereocenters. The predicted octanol–water partition coefficient (Wildman–Crippen LogP) is 0.962. The second kappa shape index (κ2) is 10.3. The summed E-state index contributed by atoms with van der Waals surface area (Å²) in [6.07, 6.45) is 1.56. The number of nitrogens with one attached hydrogen (secondary N) is 1. The first kappa shape index (κ1) is 24.0. The molecule has 8 heteroatoms. The molecule has 0 aromatic carbocycles. The van der Waals surface area contributed by atoms with Crippen molar-refractivity contribution in [2.75, 3.05) is 19.6 Å². The van der Waals surface area contributed by atoms with Crippen LogP contribution in [0.3, 0.4) is 0 Å². The molecule has 0 aromatic rings. The Kier molecular flexibility index (Phi) is 9.48. The minimum absolute atomic E-state index is 0.0328. The molecule has 3 N–H and O–H groups in total. The van der Waals surface area contributed by atoms with E-state index >= 15 is 0 Å². The van der Waals surface area contributed by atoms with Gasteiger partial charge in [0.25, 0.3) is 0 Å². The van der Waals surface area contributed by atoms with Crippen molar-refractivity contribution in [2.24, 2.45) is 5.41 Å². The number of aliphatic carboxylic acids is 1. The van der Waals surface area contributed by atoms with E-state index in [0.29, 0.717) is 6.42 Å².